The van der Waals surface area contributed by atoms with Gasteiger partial charge in [-0.2, -0.15) is 0 Å². The zero-order chi connectivity index (χ0) is 25.2. The van der Waals surface area contributed by atoms with Crippen molar-refractivity contribution < 1.29 is 19.1 Å². The molecule has 1 aromatic carbocycles. The number of benzene rings is 1. The van der Waals surface area contributed by atoms with E-state index in [1.807, 2.05) is 20.8 Å². The molecule has 0 saturated carbocycles. The fourth-order valence-electron chi connectivity index (χ4n) is 2.39. The summed E-state index contributed by atoms with van der Waals surface area (Å²) in [6, 6.07) is 6.95. The van der Waals surface area contributed by atoms with E-state index in [1.165, 1.54) is 4.90 Å². The Labute approximate surface area is 196 Å². The van der Waals surface area contributed by atoms with Gasteiger partial charge in [-0.1, -0.05) is 26.0 Å². The maximum absolute atomic E-state index is 12.3. The van der Waals surface area contributed by atoms with Gasteiger partial charge in [-0.3, -0.25) is 5.32 Å². The van der Waals surface area contributed by atoms with Crippen LogP contribution in [0.3, 0.4) is 0 Å². The summed E-state index contributed by atoms with van der Waals surface area (Å²) in [6.45, 7) is 17.2. The van der Waals surface area contributed by atoms with Crippen LogP contribution in [0.1, 0.15) is 68.1 Å². The van der Waals surface area contributed by atoms with Gasteiger partial charge in [0.1, 0.15) is 11.2 Å². The summed E-state index contributed by atoms with van der Waals surface area (Å²) in [5.74, 6) is 0.580. The average Bonchev–Trinajstić information content (AvgIpc) is 2.71. The highest BCUT2D eigenvalue weighted by Gasteiger charge is 2.22. The lowest BCUT2D eigenvalue weighted by molar-refractivity contribution is 0.0238. The quantitative estimate of drug-likeness (QED) is 0.657. The van der Waals surface area contributed by atoms with Crippen LogP contribution in [0.5, 0.6) is 0 Å². The third-order valence-electron chi connectivity index (χ3n) is 3.65. The summed E-state index contributed by atoms with van der Waals surface area (Å²) >= 11 is 0. The van der Waals surface area contributed by atoms with Crippen molar-refractivity contribution >= 4 is 17.9 Å². The Balaban J connectivity index is 0.00000265. The van der Waals surface area contributed by atoms with Crippen LogP contribution in [0.25, 0.3) is 11.4 Å². The van der Waals surface area contributed by atoms with Crippen molar-refractivity contribution in [3.8, 4) is 11.4 Å². The molecule has 0 fully saturated rings. The van der Waals surface area contributed by atoms with Crippen molar-refractivity contribution in [2.24, 2.45) is 0 Å². The van der Waals surface area contributed by atoms with E-state index in [9.17, 15) is 9.59 Å². The minimum absolute atomic E-state index is 0.131. The molecule has 0 aliphatic heterocycles. The standard InChI is InChI=1S/C21H30N6O4.C2H6/c1-8-27(19(29)31-21(5,6)7)13-16-23-25-17(26-24-16)14-10-9-11-15(12-14)22-18(28)30-20(2,3)4;1-2/h9-12H,8,13H2,1-7H3,(H,22,28);1-2H3. The van der Waals surface area contributed by atoms with Crippen LogP contribution < -0.4 is 5.32 Å². The zero-order valence-electron chi connectivity index (χ0n) is 21.1. The number of nitrogens with zero attached hydrogens (tertiary/aromatic N) is 5. The van der Waals surface area contributed by atoms with Gasteiger partial charge in [0.05, 0.1) is 6.54 Å². The van der Waals surface area contributed by atoms with Crippen LogP contribution in [0.4, 0.5) is 15.3 Å². The number of nitrogens with one attached hydrogen (secondary N) is 1. The number of hydrogen-bond donors (Lipinski definition) is 1. The molecule has 2 aromatic rings. The zero-order valence-corrected chi connectivity index (χ0v) is 21.1. The molecule has 0 bridgehead atoms. The fraction of sp³-hybridized carbons (Fsp3) is 0.565. The van der Waals surface area contributed by atoms with E-state index in [0.29, 0.717) is 23.6 Å². The van der Waals surface area contributed by atoms with Crippen LogP contribution >= 0.6 is 0 Å². The second-order valence-electron chi connectivity index (χ2n) is 8.84. The van der Waals surface area contributed by atoms with E-state index in [-0.39, 0.29) is 12.4 Å². The van der Waals surface area contributed by atoms with Crippen LogP contribution in [0, 0.1) is 0 Å². The van der Waals surface area contributed by atoms with Crippen LogP contribution in [0.15, 0.2) is 24.3 Å². The van der Waals surface area contributed by atoms with Gasteiger partial charge in [0.2, 0.25) is 5.82 Å². The number of aromatic nitrogens is 4. The highest BCUT2D eigenvalue weighted by Crippen LogP contribution is 2.19. The van der Waals surface area contributed by atoms with Crippen molar-refractivity contribution in [3.05, 3.63) is 30.1 Å². The number of carbonyl (C=O) groups is 2. The average molecular weight is 461 g/mol. The SMILES string of the molecule is CC.CCN(Cc1nnc(-c2cccc(NC(=O)OC(C)(C)C)c2)nn1)C(=O)OC(C)(C)C. The van der Waals surface area contributed by atoms with Gasteiger partial charge in [0.25, 0.3) is 0 Å². The molecule has 0 saturated heterocycles. The van der Waals surface area contributed by atoms with Gasteiger partial charge in [0, 0.05) is 17.8 Å². The van der Waals surface area contributed by atoms with Gasteiger partial charge in [0.15, 0.2) is 5.82 Å². The lowest BCUT2D eigenvalue weighted by atomic mass is 10.2. The molecule has 0 unspecified atom stereocenters. The van der Waals surface area contributed by atoms with Crippen LogP contribution in [0.2, 0.25) is 0 Å². The Hall–Kier alpha value is -3.30. The van der Waals surface area contributed by atoms with Gasteiger partial charge in [-0.05, 0) is 60.6 Å². The second kappa shape index (κ2) is 12.1. The first-order valence-electron chi connectivity index (χ1n) is 11.0. The molecule has 1 N–H and O–H groups in total. The monoisotopic (exact) mass is 460 g/mol. The van der Waals surface area contributed by atoms with Crippen molar-refractivity contribution in [2.75, 3.05) is 11.9 Å². The lowest BCUT2D eigenvalue weighted by Crippen LogP contribution is -2.36. The summed E-state index contributed by atoms with van der Waals surface area (Å²) in [5, 5.41) is 19.0. The third kappa shape index (κ3) is 10.2. The van der Waals surface area contributed by atoms with E-state index >= 15 is 0 Å². The van der Waals surface area contributed by atoms with E-state index in [0.717, 1.165) is 0 Å². The third-order valence-corrected chi connectivity index (χ3v) is 3.65. The smallest absolute Gasteiger partial charge is 0.412 e. The van der Waals surface area contributed by atoms with E-state index in [1.54, 1.807) is 65.8 Å². The lowest BCUT2D eigenvalue weighted by Gasteiger charge is -2.25. The molecule has 10 nitrogen and oxygen atoms in total. The topological polar surface area (TPSA) is 119 Å². The molecule has 33 heavy (non-hydrogen) atoms. The Morgan fingerprint density at radius 2 is 1.52 bits per heavy atom. The summed E-state index contributed by atoms with van der Waals surface area (Å²) < 4.78 is 10.6. The van der Waals surface area contributed by atoms with Gasteiger partial charge in [-0.25, -0.2) is 9.59 Å². The minimum Gasteiger partial charge on any atom is -0.444 e. The molecule has 182 valence electrons. The number of amides is 2. The molecule has 2 amide bonds. The van der Waals surface area contributed by atoms with Crippen LogP contribution in [-0.4, -0.2) is 55.2 Å². The highest BCUT2D eigenvalue weighted by molar-refractivity contribution is 5.85. The van der Waals surface area contributed by atoms with Gasteiger partial charge >= 0.3 is 12.2 Å². The summed E-state index contributed by atoms with van der Waals surface area (Å²) in [4.78, 5) is 25.7. The summed E-state index contributed by atoms with van der Waals surface area (Å²) in [6.07, 6.45) is -1.01. The van der Waals surface area contributed by atoms with Crippen molar-refractivity contribution in [1.82, 2.24) is 25.3 Å². The van der Waals surface area contributed by atoms with Crippen molar-refractivity contribution in [3.63, 3.8) is 0 Å². The molecule has 0 spiro atoms. The number of hydrogen-bond acceptors (Lipinski definition) is 8. The first kappa shape index (κ1) is 27.7. The Kier molecular flexibility index (Phi) is 10.2. The normalized spacial score (nSPS) is 11.1. The number of carbonyl (C=O) groups excluding carboxylic acids is 2. The Morgan fingerprint density at radius 3 is 2.03 bits per heavy atom. The van der Waals surface area contributed by atoms with Crippen molar-refractivity contribution in [1.29, 1.82) is 0 Å². The molecular weight excluding hydrogens is 424 g/mol. The molecule has 1 heterocycles. The molecular formula is C23H36N6O4. The molecule has 0 radical (unpaired) electrons. The fourth-order valence-corrected chi connectivity index (χ4v) is 2.39. The Bertz CT molecular complexity index is 904. The second-order valence-corrected chi connectivity index (χ2v) is 8.84. The number of rotatable bonds is 5. The maximum Gasteiger partial charge on any atom is 0.412 e. The van der Waals surface area contributed by atoms with Crippen LogP contribution in [-0.2, 0) is 16.0 Å². The molecule has 10 heteroatoms. The first-order chi connectivity index (χ1) is 15.4. The van der Waals surface area contributed by atoms with E-state index in [4.69, 9.17) is 9.47 Å². The minimum atomic E-state index is -0.597. The predicted octanol–water partition coefficient (Wildman–Crippen LogP) is 5.06. The molecule has 0 atom stereocenters. The van der Waals surface area contributed by atoms with Gasteiger partial charge < -0.3 is 14.4 Å². The Morgan fingerprint density at radius 1 is 0.939 bits per heavy atom. The summed E-state index contributed by atoms with van der Waals surface area (Å²) in [5.41, 5.74) is -0.0364. The van der Waals surface area contributed by atoms with Gasteiger partial charge in [-0.15, -0.1) is 20.4 Å². The first-order valence-corrected chi connectivity index (χ1v) is 11.0. The van der Waals surface area contributed by atoms with E-state index < -0.39 is 23.4 Å². The number of anilines is 1. The maximum atomic E-state index is 12.3. The molecule has 0 aliphatic carbocycles. The van der Waals surface area contributed by atoms with E-state index in [2.05, 4.69) is 25.7 Å². The molecule has 1 aromatic heterocycles. The number of ether oxygens (including phenoxy) is 2. The molecule has 0 aliphatic rings. The molecule has 2 rings (SSSR count). The van der Waals surface area contributed by atoms with Crippen molar-refractivity contribution in [2.45, 2.75) is 80.1 Å². The largest absolute Gasteiger partial charge is 0.444 e. The predicted molar refractivity (Wildman–Crippen MR) is 127 cm³/mol. The highest BCUT2D eigenvalue weighted by atomic mass is 16.6. The summed E-state index contributed by atoms with van der Waals surface area (Å²) in [7, 11) is 0.